The van der Waals surface area contributed by atoms with Gasteiger partial charge in [0.05, 0.1) is 16.5 Å². The molecule has 3 aromatic rings. The number of nitrogens with two attached hydrogens (primary N) is 1. The number of ketones is 1. The Labute approximate surface area is 202 Å². The predicted molar refractivity (Wildman–Crippen MR) is 130 cm³/mol. The van der Waals surface area contributed by atoms with Gasteiger partial charge in [0.2, 0.25) is 10.0 Å². The number of anilines is 1. The molecule has 0 aromatic heterocycles. The molecule has 1 atom stereocenters. The molecular formula is C26H23FN2O5S. The number of hydrogen-bond donors (Lipinski definition) is 2. The van der Waals surface area contributed by atoms with Crippen LogP contribution in [-0.2, 0) is 19.6 Å². The maximum absolute atomic E-state index is 13.7. The van der Waals surface area contributed by atoms with E-state index in [2.05, 4.69) is 0 Å². The Hall–Kier alpha value is -3.82. The number of benzene rings is 3. The zero-order chi connectivity index (χ0) is 25.7. The fraction of sp³-hybridized carbons (Fsp3) is 0.154. The number of nitrogens with zero attached hydrogens (tertiary/aromatic N) is 1. The molecule has 1 amide bonds. The largest absolute Gasteiger partial charge is 0.507 e. The molecule has 0 aliphatic carbocycles. The minimum atomic E-state index is -3.97. The van der Waals surface area contributed by atoms with Gasteiger partial charge in [0, 0.05) is 11.3 Å². The monoisotopic (exact) mass is 494 g/mol. The summed E-state index contributed by atoms with van der Waals surface area (Å²) in [7, 11) is -3.97. The second-order valence-electron chi connectivity index (χ2n) is 8.53. The van der Waals surface area contributed by atoms with E-state index in [-0.39, 0.29) is 21.9 Å². The van der Waals surface area contributed by atoms with Crippen LogP contribution in [0.15, 0.2) is 71.1 Å². The zero-order valence-corrected chi connectivity index (χ0v) is 20.1. The first-order chi connectivity index (χ1) is 16.4. The highest BCUT2D eigenvalue weighted by molar-refractivity contribution is 7.89. The fourth-order valence-corrected chi connectivity index (χ4v) is 5.06. The van der Waals surface area contributed by atoms with Crippen molar-refractivity contribution < 1.29 is 27.5 Å². The first kappa shape index (κ1) is 24.3. The Kier molecular flexibility index (Phi) is 6.08. The molecule has 35 heavy (non-hydrogen) atoms. The summed E-state index contributed by atoms with van der Waals surface area (Å²) in [6.45, 7) is 5.50. The molecule has 9 heteroatoms. The van der Waals surface area contributed by atoms with Gasteiger partial charge in [-0.25, -0.2) is 17.9 Å². The van der Waals surface area contributed by atoms with Crippen molar-refractivity contribution >= 4 is 33.2 Å². The molecule has 180 valence electrons. The third-order valence-electron chi connectivity index (χ3n) is 5.99. The van der Waals surface area contributed by atoms with Crippen LogP contribution in [0.2, 0.25) is 0 Å². The number of sulfonamides is 1. The maximum atomic E-state index is 13.7. The molecule has 3 aromatic carbocycles. The average molecular weight is 495 g/mol. The average Bonchev–Trinajstić information content (AvgIpc) is 3.03. The Morgan fingerprint density at radius 3 is 2.00 bits per heavy atom. The van der Waals surface area contributed by atoms with Crippen molar-refractivity contribution in [3.8, 4) is 0 Å². The third-order valence-corrected chi connectivity index (χ3v) is 6.92. The lowest BCUT2D eigenvalue weighted by Crippen LogP contribution is -2.29. The third kappa shape index (κ3) is 4.36. The van der Waals surface area contributed by atoms with Gasteiger partial charge < -0.3 is 5.11 Å². The van der Waals surface area contributed by atoms with E-state index in [1.807, 2.05) is 19.1 Å². The summed E-state index contributed by atoms with van der Waals surface area (Å²) >= 11 is 0. The lowest BCUT2D eigenvalue weighted by molar-refractivity contribution is -0.132. The van der Waals surface area contributed by atoms with Gasteiger partial charge in [0.15, 0.2) is 0 Å². The second kappa shape index (κ2) is 8.75. The van der Waals surface area contributed by atoms with Crippen molar-refractivity contribution in [2.75, 3.05) is 4.90 Å². The number of aliphatic hydroxyl groups excluding tert-OH is 1. The molecule has 0 spiro atoms. The molecule has 7 nitrogen and oxygen atoms in total. The Morgan fingerprint density at radius 2 is 1.49 bits per heavy atom. The van der Waals surface area contributed by atoms with Crippen LogP contribution in [0, 0.1) is 26.6 Å². The maximum Gasteiger partial charge on any atom is 0.300 e. The number of hydrogen-bond acceptors (Lipinski definition) is 5. The van der Waals surface area contributed by atoms with Crippen LogP contribution in [0.25, 0.3) is 5.76 Å². The van der Waals surface area contributed by atoms with Gasteiger partial charge in [-0.2, -0.15) is 0 Å². The highest BCUT2D eigenvalue weighted by Gasteiger charge is 2.47. The number of Topliss-reactive ketones (excluding diaryl/α,β-unsaturated/α-hetero) is 1. The smallest absolute Gasteiger partial charge is 0.300 e. The summed E-state index contributed by atoms with van der Waals surface area (Å²) in [5, 5.41) is 16.5. The SMILES string of the molecule is Cc1cc(C)c(C(O)=C2C(=O)C(=O)N(c3ccc(S(N)(=O)=O)cc3)C2c2ccc(F)cc2)c(C)c1. The van der Waals surface area contributed by atoms with E-state index >= 15 is 0 Å². The topological polar surface area (TPSA) is 118 Å². The molecule has 4 rings (SSSR count). The molecule has 1 unspecified atom stereocenters. The molecule has 1 aliphatic rings. The summed E-state index contributed by atoms with van der Waals surface area (Å²) in [5.41, 5.74) is 3.32. The van der Waals surface area contributed by atoms with E-state index in [1.165, 1.54) is 48.5 Å². The summed E-state index contributed by atoms with van der Waals surface area (Å²) in [5.74, 6) is -2.66. The van der Waals surface area contributed by atoms with Crippen molar-refractivity contribution in [3.63, 3.8) is 0 Å². The van der Waals surface area contributed by atoms with E-state index in [0.29, 0.717) is 11.1 Å². The Bertz CT molecular complexity index is 1470. The van der Waals surface area contributed by atoms with Crippen LogP contribution < -0.4 is 10.0 Å². The van der Waals surface area contributed by atoms with Crippen molar-refractivity contribution in [1.82, 2.24) is 0 Å². The Balaban J connectivity index is 1.97. The molecule has 0 saturated carbocycles. The van der Waals surface area contributed by atoms with Gasteiger partial charge in [-0.15, -0.1) is 0 Å². The number of amides is 1. The molecular weight excluding hydrogens is 471 g/mol. The van der Waals surface area contributed by atoms with Gasteiger partial charge in [0.25, 0.3) is 11.7 Å². The number of primary sulfonamides is 1. The van der Waals surface area contributed by atoms with Gasteiger partial charge in [-0.3, -0.25) is 14.5 Å². The number of halogens is 1. The van der Waals surface area contributed by atoms with E-state index in [9.17, 15) is 27.5 Å². The number of carbonyl (C=O) groups excluding carboxylic acids is 2. The quantitative estimate of drug-likeness (QED) is 0.323. The molecule has 1 heterocycles. The van der Waals surface area contributed by atoms with Gasteiger partial charge in [-0.1, -0.05) is 29.8 Å². The molecule has 1 aliphatic heterocycles. The van der Waals surface area contributed by atoms with Gasteiger partial charge in [0.1, 0.15) is 11.6 Å². The molecule has 0 radical (unpaired) electrons. The first-order valence-corrected chi connectivity index (χ1v) is 12.2. The molecule has 1 fully saturated rings. The van der Waals surface area contributed by atoms with Gasteiger partial charge in [-0.05, 0) is 73.9 Å². The van der Waals surface area contributed by atoms with Crippen molar-refractivity contribution in [2.45, 2.75) is 31.7 Å². The van der Waals surface area contributed by atoms with Gasteiger partial charge >= 0.3 is 0 Å². The number of carbonyl (C=O) groups is 2. The zero-order valence-electron chi connectivity index (χ0n) is 19.2. The van der Waals surface area contributed by atoms with Crippen LogP contribution in [0.5, 0.6) is 0 Å². The summed E-state index contributed by atoms with van der Waals surface area (Å²) < 4.78 is 37.0. The molecule has 3 N–H and O–H groups in total. The van der Waals surface area contributed by atoms with E-state index in [0.717, 1.165) is 21.6 Å². The molecule has 0 bridgehead atoms. The Morgan fingerprint density at radius 1 is 0.943 bits per heavy atom. The molecule has 1 saturated heterocycles. The van der Waals surface area contributed by atoms with Crippen molar-refractivity contribution in [1.29, 1.82) is 0 Å². The number of aryl methyl sites for hydroxylation is 3. The van der Waals surface area contributed by atoms with E-state index in [4.69, 9.17) is 5.14 Å². The summed E-state index contributed by atoms with van der Waals surface area (Å²) in [4.78, 5) is 27.5. The van der Waals surface area contributed by atoms with Crippen LogP contribution >= 0.6 is 0 Å². The highest BCUT2D eigenvalue weighted by atomic mass is 32.2. The number of rotatable bonds is 4. The normalized spacial score (nSPS) is 17.7. The lowest BCUT2D eigenvalue weighted by atomic mass is 9.91. The lowest BCUT2D eigenvalue weighted by Gasteiger charge is -2.26. The van der Waals surface area contributed by atoms with Crippen LogP contribution in [0.3, 0.4) is 0 Å². The second-order valence-corrected chi connectivity index (χ2v) is 10.1. The summed E-state index contributed by atoms with van der Waals surface area (Å²) in [6, 6.07) is 13.0. The predicted octanol–water partition coefficient (Wildman–Crippen LogP) is 4.02. The minimum Gasteiger partial charge on any atom is -0.507 e. The van der Waals surface area contributed by atoms with Crippen molar-refractivity contribution in [2.24, 2.45) is 5.14 Å². The van der Waals surface area contributed by atoms with Crippen LogP contribution in [0.4, 0.5) is 10.1 Å². The standard InChI is InChI=1S/C26H23FN2O5S/c1-14-12-15(2)21(16(3)13-14)24(30)22-23(17-4-6-18(27)7-5-17)29(26(32)25(22)31)19-8-10-20(11-9-19)35(28,33)34/h4-13,23,30H,1-3H3,(H2,28,33,34). The van der Waals surface area contributed by atoms with Crippen LogP contribution in [-0.4, -0.2) is 25.2 Å². The fourth-order valence-electron chi connectivity index (χ4n) is 4.54. The minimum absolute atomic E-state index is 0.146. The first-order valence-electron chi connectivity index (χ1n) is 10.7. The van der Waals surface area contributed by atoms with Crippen LogP contribution in [0.1, 0.15) is 33.9 Å². The van der Waals surface area contributed by atoms with E-state index in [1.54, 1.807) is 13.8 Å². The highest BCUT2D eigenvalue weighted by Crippen LogP contribution is 2.43. The van der Waals surface area contributed by atoms with Crippen molar-refractivity contribution in [3.05, 3.63) is 99.9 Å². The van der Waals surface area contributed by atoms with E-state index < -0.39 is 33.6 Å². The number of aliphatic hydroxyl groups is 1. The summed E-state index contributed by atoms with van der Waals surface area (Å²) in [6.07, 6.45) is 0.